The van der Waals surface area contributed by atoms with E-state index in [1.54, 1.807) is 12.4 Å². The minimum atomic E-state index is 0.709. The number of pyridine rings is 2. The maximum Gasteiger partial charge on any atom is 0.117 e. The normalized spacial score (nSPS) is 12.7. The highest BCUT2D eigenvalue weighted by Crippen LogP contribution is 2.26. The summed E-state index contributed by atoms with van der Waals surface area (Å²) in [5.74, 6) is 0. The summed E-state index contributed by atoms with van der Waals surface area (Å²) in [7, 11) is 0. The molecule has 2 aromatic heterocycles. The van der Waals surface area contributed by atoms with Crippen molar-refractivity contribution >= 4 is 11.4 Å². The molecule has 0 spiro atoms. The van der Waals surface area contributed by atoms with Gasteiger partial charge in [-0.25, -0.2) is 9.98 Å². The van der Waals surface area contributed by atoms with Crippen molar-refractivity contribution in [3.63, 3.8) is 0 Å². The zero-order chi connectivity index (χ0) is 18.8. The van der Waals surface area contributed by atoms with Gasteiger partial charge in [0.15, 0.2) is 0 Å². The lowest BCUT2D eigenvalue weighted by atomic mass is 10.1. The number of benzene rings is 2. The van der Waals surface area contributed by atoms with Crippen LogP contribution in [0.2, 0.25) is 0 Å². The third kappa shape index (κ3) is 2.91. The van der Waals surface area contributed by atoms with E-state index in [0.717, 1.165) is 32.5 Å². The van der Waals surface area contributed by atoms with Crippen LogP contribution in [0.5, 0.6) is 0 Å². The molecular weight excluding hydrogens is 344 g/mol. The summed E-state index contributed by atoms with van der Waals surface area (Å²) in [5, 5.41) is 3.88. The molecular formula is C24H16N4. The number of para-hydroxylation sites is 2. The topological polar surface area (TPSA) is 50.5 Å². The summed E-state index contributed by atoms with van der Waals surface area (Å²) in [4.78, 5) is 19.1. The molecule has 28 heavy (non-hydrogen) atoms. The molecule has 5 rings (SSSR count). The second-order valence-electron chi connectivity index (χ2n) is 6.39. The Morgan fingerprint density at radius 2 is 0.857 bits per heavy atom. The SMILES string of the molecule is c1ccc(C2=C(c3ccccn3)N=c3ccccc3=c3ccccc3=N2)nc1. The summed E-state index contributed by atoms with van der Waals surface area (Å²) >= 11 is 0. The summed E-state index contributed by atoms with van der Waals surface area (Å²) in [6, 6.07) is 27.9. The van der Waals surface area contributed by atoms with Gasteiger partial charge in [0, 0.05) is 22.8 Å². The van der Waals surface area contributed by atoms with E-state index in [4.69, 9.17) is 9.98 Å². The molecule has 0 bridgehead atoms. The van der Waals surface area contributed by atoms with Gasteiger partial charge < -0.3 is 0 Å². The number of fused-ring (bicyclic) bond motifs is 2. The Morgan fingerprint density at radius 1 is 0.429 bits per heavy atom. The van der Waals surface area contributed by atoms with Crippen molar-refractivity contribution in [1.29, 1.82) is 0 Å². The molecule has 0 aliphatic carbocycles. The van der Waals surface area contributed by atoms with Crippen molar-refractivity contribution < 1.29 is 0 Å². The maximum absolute atomic E-state index is 5.01. The standard InChI is InChI=1S/C24H16N4/c1-3-11-19-17(9-1)18-10-2-4-12-20(18)28-24(22-14-6-8-16-26-22)23(27-19)21-13-5-7-15-25-21/h1-16H. The number of hydrogen-bond acceptors (Lipinski definition) is 4. The zero-order valence-corrected chi connectivity index (χ0v) is 15.0. The molecule has 4 nitrogen and oxygen atoms in total. The largest absolute Gasteiger partial charge is 0.255 e. The minimum Gasteiger partial charge on any atom is -0.255 e. The molecule has 0 unspecified atom stereocenters. The van der Waals surface area contributed by atoms with Gasteiger partial charge in [0.25, 0.3) is 0 Å². The quantitative estimate of drug-likeness (QED) is 0.549. The van der Waals surface area contributed by atoms with Crippen LogP contribution in [-0.2, 0) is 0 Å². The van der Waals surface area contributed by atoms with E-state index in [1.165, 1.54) is 0 Å². The van der Waals surface area contributed by atoms with Crippen LogP contribution in [0.15, 0.2) is 107 Å². The lowest BCUT2D eigenvalue weighted by Gasteiger charge is -2.10. The molecule has 0 atom stereocenters. The van der Waals surface area contributed by atoms with E-state index < -0.39 is 0 Å². The van der Waals surface area contributed by atoms with Crippen LogP contribution in [0.3, 0.4) is 0 Å². The van der Waals surface area contributed by atoms with Crippen molar-refractivity contribution in [2.24, 2.45) is 9.98 Å². The highest BCUT2D eigenvalue weighted by molar-refractivity contribution is 5.87. The Bertz CT molecular complexity index is 1280. The number of nitrogens with zero attached hydrogens (tertiary/aromatic N) is 4. The average Bonchev–Trinajstić information content (AvgIpc) is 2.76. The summed E-state index contributed by atoms with van der Waals surface area (Å²) < 4.78 is 0. The second kappa shape index (κ2) is 7.00. The molecule has 0 saturated carbocycles. The van der Waals surface area contributed by atoms with Crippen molar-refractivity contribution in [2.45, 2.75) is 0 Å². The predicted octanol–water partition coefficient (Wildman–Crippen LogP) is 3.54. The van der Waals surface area contributed by atoms with Crippen molar-refractivity contribution in [2.75, 3.05) is 0 Å². The molecule has 4 aromatic rings. The van der Waals surface area contributed by atoms with Crippen LogP contribution in [0.1, 0.15) is 11.4 Å². The van der Waals surface area contributed by atoms with Crippen molar-refractivity contribution in [3.8, 4) is 0 Å². The smallest absolute Gasteiger partial charge is 0.117 e. The highest BCUT2D eigenvalue weighted by Gasteiger charge is 2.14. The third-order valence-electron chi connectivity index (χ3n) is 4.60. The van der Waals surface area contributed by atoms with E-state index in [9.17, 15) is 0 Å². The van der Waals surface area contributed by atoms with Crippen LogP contribution in [-0.4, -0.2) is 9.97 Å². The van der Waals surface area contributed by atoms with E-state index in [1.807, 2.05) is 72.8 Å². The lowest BCUT2D eigenvalue weighted by Crippen LogP contribution is -2.13. The maximum atomic E-state index is 5.01. The Hall–Kier alpha value is -3.92. The fraction of sp³-hybridized carbons (Fsp3) is 0. The number of rotatable bonds is 2. The third-order valence-corrected chi connectivity index (χ3v) is 4.60. The minimum absolute atomic E-state index is 0.709. The first-order valence-electron chi connectivity index (χ1n) is 9.09. The first-order valence-corrected chi connectivity index (χ1v) is 9.09. The molecule has 132 valence electrons. The van der Waals surface area contributed by atoms with Gasteiger partial charge >= 0.3 is 0 Å². The van der Waals surface area contributed by atoms with E-state index in [-0.39, 0.29) is 0 Å². The zero-order valence-electron chi connectivity index (χ0n) is 15.0. The van der Waals surface area contributed by atoms with Crippen LogP contribution in [0.4, 0.5) is 0 Å². The van der Waals surface area contributed by atoms with E-state index in [0.29, 0.717) is 11.4 Å². The molecule has 0 radical (unpaired) electrons. The number of aromatic nitrogens is 2. The first kappa shape index (κ1) is 16.3. The molecule has 0 saturated heterocycles. The van der Waals surface area contributed by atoms with E-state index >= 15 is 0 Å². The molecule has 1 aliphatic heterocycles. The van der Waals surface area contributed by atoms with Gasteiger partial charge in [-0.2, -0.15) is 0 Å². The lowest BCUT2D eigenvalue weighted by molar-refractivity contribution is 1.16. The molecule has 0 amide bonds. The molecule has 0 fully saturated rings. The van der Waals surface area contributed by atoms with Crippen LogP contribution in [0.25, 0.3) is 11.4 Å². The fourth-order valence-electron chi connectivity index (χ4n) is 3.31. The van der Waals surface area contributed by atoms with Crippen LogP contribution < -0.4 is 10.7 Å². The Balaban J connectivity index is 2.01. The Labute approximate surface area is 161 Å². The fourth-order valence-corrected chi connectivity index (χ4v) is 3.31. The van der Waals surface area contributed by atoms with Gasteiger partial charge in [0.2, 0.25) is 0 Å². The van der Waals surface area contributed by atoms with Gasteiger partial charge in [0.05, 0.1) is 22.1 Å². The van der Waals surface area contributed by atoms with Crippen molar-refractivity contribution in [3.05, 3.63) is 130 Å². The monoisotopic (exact) mass is 360 g/mol. The van der Waals surface area contributed by atoms with E-state index in [2.05, 4.69) is 22.1 Å². The predicted molar refractivity (Wildman–Crippen MR) is 108 cm³/mol. The van der Waals surface area contributed by atoms with Crippen LogP contribution in [0, 0.1) is 10.4 Å². The molecule has 4 heteroatoms. The average molecular weight is 360 g/mol. The number of hydrogen-bond donors (Lipinski definition) is 0. The Kier molecular flexibility index (Phi) is 4.07. The summed E-state index contributed by atoms with van der Waals surface area (Å²) in [6.07, 6.45) is 3.54. The van der Waals surface area contributed by atoms with Crippen molar-refractivity contribution in [1.82, 2.24) is 9.97 Å². The van der Waals surface area contributed by atoms with Crippen LogP contribution >= 0.6 is 0 Å². The molecule has 0 N–H and O–H groups in total. The second-order valence-corrected chi connectivity index (χ2v) is 6.39. The first-order chi connectivity index (χ1) is 13.9. The van der Waals surface area contributed by atoms with Gasteiger partial charge in [-0.3, -0.25) is 9.97 Å². The molecule has 2 aromatic carbocycles. The highest BCUT2D eigenvalue weighted by atomic mass is 14.9. The van der Waals surface area contributed by atoms with Gasteiger partial charge in [0.1, 0.15) is 11.4 Å². The Morgan fingerprint density at radius 3 is 1.29 bits per heavy atom. The van der Waals surface area contributed by atoms with Gasteiger partial charge in [-0.15, -0.1) is 0 Å². The van der Waals surface area contributed by atoms with Gasteiger partial charge in [-0.05, 0) is 36.4 Å². The molecule has 1 aliphatic rings. The summed E-state index contributed by atoms with van der Waals surface area (Å²) in [6.45, 7) is 0. The molecule has 3 heterocycles. The van der Waals surface area contributed by atoms with Gasteiger partial charge in [-0.1, -0.05) is 48.5 Å². The summed E-state index contributed by atoms with van der Waals surface area (Å²) in [5.41, 5.74) is 2.95.